The van der Waals surface area contributed by atoms with Crippen LogP contribution in [0.4, 0.5) is 10.1 Å². The maximum atomic E-state index is 13.3. The fourth-order valence-corrected chi connectivity index (χ4v) is 3.27. The summed E-state index contributed by atoms with van der Waals surface area (Å²) in [4.78, 5) is 15.8. The Labute approximate surface area is 141 Å². The lowest BCUT2D eigenvalue weighted by Crippen LogP contribution is -2.56. The Kier molecular flexibility index (Phi) is 4.81. The van der Waals surface area contributed by atoms with E-state index in [9.17, 15) is 14.3 Å². The number of hydrogen-bond donors (Lipinski definition) is 1. The van der Waals surface area contributed by atoms with Gasteiger partial charge in [0.2, 0.25) is 0 Å². The number of anilines is 1. The number of halogens is 1. The minimum atomic E-state index is -0.850. The van der Waals surface area contributed by atoms with Crippen molar-refractivity contribution in [3.63, 3.8) is 0 Å². The molecule has 1 N–H and O–H groups in total. The van der Waals surface area contributed by atoms with E-state index in [0.717, 1.165) is 24.3 Å². The van der Waals surface area contributed by atoms with Gasteiger partial charge in [0.05, 0.1) is 0 Å². The molecule has 0 aliphatic carbocycles. The lowest BCUT2D eigenvalue weighted by molar-refractivity contribution is -0.139. The molecule has 2 aromatic rings. The number of carboxylic acids is 1. The van der Waals surface area contributed by atoms with Crippen molar-refractivity contribution in [3.8, 4) is 0 Å². The molecule has 1 fully saturated rings. The van der Waals surface area contributed by atoms with Crippen molar-refractivity contribution in [1.82, 2.24) is 4.90 Å². The summed E-state index contributed by atoms with van der Waals surface area (Å²) in [5, 5.41) is 9.66. The number of hydrogen-bond acceptors (Lipinski definition) is 3. The Morgan fingerprint density at radius 2 is 1.96 bits per heavy atom. The molecule has 1 aliphatic rings. The average molecular weight is 328 g/mol. The SMILES string of the molecule is Cc1cc(F)ccc1N1CCN(Cc2ccccc2)CC1C(=O)O. The van der Waals surface area contributed by atoms with Gasteiger partial charge in [-0.1, -0.05) is 30.3 Å². The lowest BCUT2D eigenvalue weighted by atomic mass is 10.1. The fraction of sp³-hybridized carbons (Fsp3) is 0.316. The van der Waals surface area contributed by atoms with Gasteiger partial charge in [-0.3, -0.25) is 4.90 Å². The fourth-order valence-electron chi connectivity index (χ4n) is 3.27. The van der Waals surface area contributed by atoms with Crippen molar-refractivity contribution in [1.29, 1.82) is 0 Å². The first-order valence-electron chi connectivity index (χ1n) is 8.06. The molecule has 1 heterocycles. The number of aliphatic carboxylic acids is 1. The van der Waals surface area contributed by atoms with Crippen LogP contribution < -0.4 is 4.90 Å². The standard InChI is InChI=1S/C19H21FN2O2/c1-14-11-16(20)7-8-17(14)22-10-9-21(13-18(22)19(23)24)12-15-5-3-2-4-6-15/h2-8,11,18H,9-10,12-13H2,1H3,(H,23,24). The molecule has 126 valence electrons. The molecule has 1 saturated heterocycles. The molecule has 0 bridgehead atoms. The minimum Gasteiger partial charge on any atom is -0.480 e. The van der Waals surface area contributed by atoms with Gasteiger partial charge < -0.3 is 10.0 Å². The summed E-state index contributed by atoms with van der Waals surface area (Å²) in [5.74, 6) is -1.15. The number of aryl methyl sites for hydroxylation is 1. The monoisotopic (exact) mass is 328 g/mol. The molecule has 0 amide bonds. The molecule has 3 rings (SSSR count). The molecule has 24 heavy (non-hydrogen) atoms. The molecular formula is C19H21FN2O2. The highest BCUT2D eigenvalue weighted by Crippen LogP contribution is 2.26. The maximum absolute atomic E-state index is 13.3. The number of benzene rings is 2. The first-order chi connectivity index (χ1) is 11.5. The topological polar surface area (TPSA) is 43.8 Å². The summed E-state index contributed by atoms with van der Waals surface area (Å²) in [7, 11) is 0. The van der Waals surface area contributed by atoms with E-state index in [0.29, 0.717) is 13.1 Å². The summed E-state index contributed by atoms with van der Waals surface area (Å²) in [6, 6.07) is 13.9. The van der Waals surface area contributed by atoms with Gasteiger partial charge in [0.15, 0.2) is 0 Å². The Morgan fingerprint density at radius 3 is 2.62 bits per heavy atom. The van der Waals surface area contributed by atoms with Gasteiger partial charge in [-0.25, -0.2) is 9.18 Å². The quantitative estimate of drug-likeness (QED) is 0.937. The van der Waals surface area contributed by atoms with Crippen molar-refractivity contribution in [3.05, 3.63) is 65.5 Å². The lowest BCUT2D eigenvalue weighted by Gasteiger charge is -2.41. The third kappa shape index (κ3) is 3.57. The first kappa shape index (κ1) is 16.5. The zero-order valence-electron chi connectivity index (χ0n) is 13.7. The Morgan fingerprint density at radius 1 is 1.21 bits per heavy atom. The Bertz CT molecular complexity index is 721. The number of nitrogens with zero attached hydrogens (tertiary/aromatic N) is 2. The zero-order chi connectivity index (χ0) is 17.1. The molecular weight excluding hydrogens is 307 g/mol. The molecule has 0 saturated carbocycles. The van der Waals surface area contributed by atoms with E-state index in [2.05, 4.69) is 4.90 Å². The van der Waals surface area contributed by atoms with E-state index in [4.69, 9.17) is 0 Å². The van der Waals surface area contributed by atoms with Crippen LogP contribution in [-0.2, 0) is 11.3 Å². The van der Waals surface area contributed by atoms with E-state index in [1.807, 2.05) is 42.2 Å². The Hall–Kier alpha value is -2.40. The number of piperazine rings is 1. The highest BCUT2D eigenvalue weighted by molar-refractivity contribution is 5.79. The second-order valence-corrected chi connectivity index (χ2v) is 6.20. The minimum absolute atomic E-state index is 0.300. The van der Waals surface area contributed by atoms with Crippen LogP contribution in [0.3, 0.4) is 0 Å². The summed E-state index contributed by atoms with van der Waals surface area (Å²) >= 11 is 0. The molecule has 0 spiro atoms. The molecule has 1 unspecified atom stereocenters. The summed E-state index contributed by atoms with van der Waals surface area (Å²) < 4.78 is 13.3. The van der Waals surface area contributed by atoms with Gasteiger partial charge in [0.25, 0.3) is 0 Å². The van der Waals surface area contributed by atoms with Crippen LogP contribution in [0.5, 0.6) is 0 Å². The summed E-state index contributed by atoms with van der Waals surface area (Å²) in [6.45, 7) is 4.38. The van der Waals surface area contributed by atoms with Crippen LogP contribution in [0.1, 0.15) is 11.1 Å². The molecule has 0 radical (unpaired) electrons. The smallest absolute Gasteiger partial charge is 0.327 e. The molecule has 1 aliphatic heterocycles. The normalized spacial score (nSPS) is 18.6. The third-order valence-corrected chi connectivity index (χ3v) is 4.47. The average Bonchev–Trinajstić information content (AvgIpc) is 2.56. The molecule has 5 heteroatoms. The van der Waals surface area contributed by atoms with E-state index in [-0.39, 0.29) is 5.82 Å². The van der Waals surface area contributed by atoms with Crippen molar-refractivity contribution in [2.75, 3.05) is 24.5 Å². The highest BCUT2D eigenvalue weighted by atomic mass is 19.1. The molecule has 4 nitrogen and oxygen atoms in total. The predicted molar refractivity (Wildman–Crippen MR) is 91.6 cm³/mol. The largest absolute Gasteiger partial charge is 0.480 e. The van der Waals surface area contributed by atoms with E-state index < -0.39 is 12.0 Å². The van der Waals surface area contributed by atoms with Gasteiger partial charge in [-0.15, -0.1) is 0 Å². The Balaban J connectivity index is 1.77. The summed E-state index contributed by atoms with van der Waals surface area (Å²) in [5.41, 5.74) is 2.73. The number of carbonyl (C=O) groups is 1. The van der Waals surface area contributed by atoms with Gasteiger partial charge in [-0.2, -0.15) is 0 Å². The number of rotatable bonds is 4. The van der Waals surface area contributed by atoms with Crippen LogP contribution in [0.2, 0.25) is 0 Å². The molecule has 0 aromatic heterocycles. The van der Waals surface area contributed by atoms with Gasteiger partial charge in [0, 0.05) is 31.9 Å². The van der Waals surface area contributed by atoms with Crippen LogP contribution in [-0.4, -0.2) is 41.7 Å². The van der Waals surface area contributed by atoms with Crippen LogP contribution in [0.15, 0.2) is 48.5 Å². The van der Waals surface area contributed by atoms with Crippen LogP contribution >= 0.6 is 0 Å². The third-order valence-electron chi connectivity index (χ3n) is 4.47. The van der Waals surface area contributed by atoms with Gasteiger partial charge in [0.1, 0.15) is 11.9 Å². The second kappa shape index (κ2) is 7.01. The van der Waals surface area contributed by atoms with E-state index in [1.165, 1.54) is 17.7 Å². The first-order valence-corrected chi connectivity index (χ1v) is 8.06. The maximum Gasteiger partial charge on any atom is 0.327 e. The summed E-state index contributed by atoms with van der Waals surface area (Å²) in [6.07, 6.45) is 0. The highest BCUT2D eigenvalue weighted by Gasteiger charge is 2.33. The van der Waals surface area contributed by atoms with Crippen molar-refractivity contribution in [2.24, 2.45) is 0 Å². The van der Waals surface area contributed by atoms with Crippen molar-refractivity contribution in [2.45, 2.75) is 19.5 Å². The van der Waals surface area contributed by atoms with Crippen molar-refractivity contribution >= 4 is 11.7 Å². The predicted octanol–water partition coefficient (Wildman–Crippen LogP) is 2.91. The molecule has 1 atom stereocenters. The van der Waals surface area contributed by atoms with Gasteiger partial charge in [-0.05, 0) is 36.2 Å². The van der Waals surface area contributed by atoms with E-state index >= 15 is 0 Å². The second-order valence-electron chi connectivity index (χ2n) is 6.20. The van der Waals surface area contributed by atoms with Crippen LogP contribution in [0.25, 0.3) is 0 Å². The van der Waals surface area contributed by atoms with Crippen LogP contribution in [0, 0.1) is 12.7 Å². The van der Waals surface area contributed by atoms with Crippen molar-refractivity contribution < 1.29 is 14.3 Å². The van der Waals surface area contributed by atoms with E-state index in [1.54, 1.807) is 6.07 Å². The number of carboxylic acid groups (broad SMARTS) is 1. The van der Waals surface area contributed by atoms with Gasteiger partial charge >= 0.3 is 5.97 Å². The molecule has 2 aromatic carbocycles. The zero-order valence-corrected chi connectivity index (χ0v) is 13.7.